The Balaban J connectivity index is 2.17. The van der Waals surface area contributed by atoms with E-state index in [1.165, 1.54) is 12.3 Å². The summed E-state index contributed by atoms with van der Waals surface area (Å²) in [6.45, 7) is 1.87. The molecule has 0 saturated heterocycles. The van der Waals surface area contributed by atoms with Crippen molar-refractivity contribution in [1.82, 2.24) is 4.98 Å². The summed E-state index contributed by atoms with van der Waals surface area (Å²) in [5, 5.41) is 0.457. The van der Waals surface area contributed by atoms with Crippen LogP contribution in [0.3, 0.4) is 0 Å². The van der Waals surface area contributed by atoms with Crippen molar-refractivity contribution in [2.75, 3.05) is 17.5 Å². The Hall–Kier alpha value is -2.05. The Bertz CT molecular complexity index is 681. The van der Waals surface area contributed by atoms with Gasteiger partial charge in [0.05, 0.1) is 27.9 Å². The Morgan fingerprint density at radius 2 is 2.09 bits per heavy atom. The third-order valence-corrected chi connectivity index (χ3v) is 3.14. The van der Waals surface area contributed by atoms with Crippen LogP contribution in [-0.4, -0.2) is 17.6 Å². The van der Waals surface area contributed by atoms with Gasteiger partial charge in [-0.3, -0.25) is 10.9 Å². The maximum absolute atomic E-state index is 13.9. The van der Waals surface area contributed by atoms with Gasteiger partial charge < -0.3 is 4.74 Å². The Morgan fingerprint density at radius 3 is 2.73 bits per heavy atom. The van der Waals surface area contributed by atoms with Gasteiger partial charge in [-0.05, 0) is 31.2 Å². The molecule has 116 valence electrons. The maximum atomic E-state index is 13.9. The number of ether oxygens (including phenoxy) is 1. The smallest absolute Gasteiger partial charge is 0.339 e. The predicted molar refractivity (Wildman–Crippen MR) is 83.9 cm³/mol. The van der Waals surface area contributed by atoms with Crippen LogP contribution >= 0.6 is 23.2 Å². The fraction of sp³-hybridized carbons (Fsp3) is 0.143. The average molecular weight is 344 g/mol. The van der Waals surface area contributed by atoms with Crippen LogP contribution in [-0.2, 0) is 4.74 Å². The number of carbonyl (C=O) groups excluding carboxylic acids is 1. The molecular formula is C14H12Cl2FN3O2. The highest BCUT2D eigenvalue weighted by atomic mass is 35.5. The zero-order chi connectivity index (χ0) is 16.1. The van der Waals surface area contributed by atoms with Crippen LogP contribution in [0.15, 0.2) is 30.5 Å². The second-order valence-electron chi connectivity index (χ2n) is 4.14. The van der Waals surface area contributed by atoms with Crippen LogP contribution < -0.4 is 10.9 Å². The van der Waals surface area contributed by atoms with E-state index in [4.69, 9.17) is 27.9 Å². The lowest BCUT2D eigenvalue weighted by atomic mass is 10.2. The van der Waals surface area contributed by atoms with Crippen LogP contribution in [0.2, 0.25) is 10.0 Å². The molecule has 0 aliphatic carbocycles. The Morgan fingerprint density at radius 1 is 1.32 bits per heavy atom. The minimum atomic E-state index is -0.625. The number of esters is 1. The predicted octanol–water partition coefficient (Wildman–Crippen LogP) is 4.14. The van der Waals surface area contributed by atoms with E-state index in [1.807, 2.05) is 0 Å². The molecular weight excluding hydrogens is 332 g/mol. The molecule has 1 aromatic heterocycles. The van der Waals surface area contributed by atoms with Crippen molar-refractivity contribution in [2.24, 2.45) is 0 Å². The number of halogens is 3. The monoisotopic (exact) mass is 343 g/mol. The average Bonchev–Trinajstić information content (AvgIpc) is 2.48. The molecule has 0 saturated carbocycles. The van der Waals surface area contributed by atoms with Crippen molar-refractivity contribution in [3.63, 3.8) is 0 Å². The molecule has 5 nitrogen and oxygen atoms in total. The van der Waals surface area contributed by atoms with E-state index in [2.05, 4.69) is 15.8 Å². The summed E-state index contributed by atoms with van der Waals surface area (Å²) in [6.07, 6.45) is 1.44. The van der Waals surface area contributed by atoms with E-state index < -0.39 is 11.8 Å². The summed E-state index contributed by atoms with van der Waals surface area (Å²) in [5.41, 5.74) is 5.41. The summed E-state index contributed by atoms with van der Waals surface area (Å²) in [6, 6.07) is 5.53. The second-order valence-corrected chi connectivity index (χ2v) is 4.99. The Kier molecular flexibility index (Phi) is 5.41. The zero-order valence-corrected chi connectivity index (χ0v) is 13.0. The molecule has 22 heavy (non-hydrogen) atoms. The minimum Gasteiger partial charge on any atom is -0.462 e. The minimum absolute atomic E-state index is 0.0221. The number of hydrogen-bond donors (Lipinski definition) is 2. The first-order valence-electron chi connectivity index (χ1n) is 6.31. The number of anilines is 2. The number of nitrogens with one attached hydrogen (secondary N) is 2. The molecule has 2 aromatic rings. The summed E-state index contributed by atoms with van der Waals surface area (Å²) in [7, 11) is 0. The molecule has 8 heteroatoms. The first-order chi connectivity index (χ1) is 10.5. The van der Waals surface area contributed by atoms with Gasteiger partial charge in [-0.2, -0.15) is 0 Å². The lowest BCUT2D eigenvalue weighted by Crippen LogP contribution is -2.13. The molecule has 1 aromatic carbocycles. The first kappa shape index (κ1) is 16.3. The van der Waals surface area contributed by atoms with Crippen molar-refractivity contribution < 1.29 is 13.9 Å². The van der Waals surface area contributed by atoms with Crippen LogP contribution in [0, 0.1) is 5.82 Å². The summed E-state index contributed by atoms with van der Waals surface area (Å²) >= 11 is 11.6. The standard InChI is InChI=1S/C14H12Cl2FN3O2/c1-2-22-14(21)9-5-12(11(17)6-10(9)16)19-20-13-4-3-8(15)7-18-13/h3-7,19H,2H2,1H3,(H,18,20). The van der Waals surface area contributed by atoms with Crippen molar-refractivity contribution in [3.8, 4) is 0 Å². The van der Waals surface area contributed by atoms with Crippen molar-refractivity contribution in [3.05, 3.63) is 51.9 Å². The molecule has 1 heterocycles. The van der Waals surface area contributed by atoms with Gasteiger partial charge >= 0.3 is 5.97 Å². The second kappa shape index (κ2) is 7.29. The number of rotatable bonds is 5. The molecule has 0 fully saturated rings. The van der Waals surface area contributed by atoms with Crippen molar-refractivity contribution >= 4 is 40.7 Å². The number of benzene rings is 1. The van der Waals surface area contributed by atoms with Crippen LogP contribution in [0.1, 0.15) is 17.3 Å². The van der Waals surface area contributed by atoms with E-state index >= 15 is 0 Å². The highest BCUT2D eigenvalue weighted by Gasteiger charge is 2.15. The number of nitrogens with zero attached hydrogens (tertiary/aromatic N) is 1. The van der Waals surface area contributed by atoms with E-state index in [-0.39, 0.29) is 22.9 Å². The summed E-state index contributed by atoms with van der Waals surface area (Å²) < 4.78 is 18.7. The van der Waals surface area contributed by atoms with Gasteiger partial charge in [0, 0.05) is 6.20 Å². The number of carbonyl (C=O) groups is 1. The lowest BCUT2D eigenvalue weighted by molar-refractivity contribution is 0.0526. The number of aromatic nitrogens is 1. The number of hydrazine groups is 1. The molecule has 0 radical (unpaired) electrons. The molecule has 0 aliphatic rings. The van der Waals surface area contributed by atoms with Gasteiger partial charge in [-0.15, -0.1) is 0 Å². The topological polar surface area (TPSA) is 63.2 Å². The molecule has 0 atom stereocenters. The fourth-order valence-electron chi connectivity index (χ4n) is 1.59. The van der Waals surface area contributed by atoms with E-state index in [1.54, 1.807) is 19.1 Å². The Labute approximate surface area is 136 Å². The molecule has 2 rings (SSSR count). The molecule has 0 aliphatic heterocycles. The molecule has 0 spiro atoms. The molecule has 0 amide bonds. The largest absolute Gasteiger partial charge is 0.462 e. The van der Waals surface area contributed by atoms with Crippen molar-refractivity contribution in [1.29, 1.82) is 0 Å². The quantitative estimate of drug-likeness (QED) is 0.630. The van der Waals surface area contributed by atoms with Crippen LogP contribution in [0.4, 0.5) is 15.9 Å². The SMILES string of the molecule is CCOC(=O)c1cc(NNc2ccc(Cl)cn2)c(F)cc1Cl. The van der Waals surface area contributed by atoms with Gasteiger partial charge in [0.2, 0.25) is 0 Å². The van der Waals surface area contributed by atoms with E-state index in [9.17, 15) is 9.18 Å². The lowest BCUT2D eigenvalue weighted by Gasteiger charge is -2.12. The normalized spacial score (nSPS) is 10.2. The third kappa shape index (κ3) is 3.99. The van der Waals surface area contributed by atoms with Crippen LogP contribution in [0.25, 0.3) is 0 Å². The van der Waals surface area contributed by atoms with Gasteiger partial charge in [-0.25, -0.2) is 14.2 Å². The fourth-order valence-corrected chi connectivity index (χ4v) is 1.93. The van der Waals surface area contributed by atoms with Gasteiger partial charge in [0.1, 0.15) is 11.6 Å². The van der Waals surface area contributed by atoms with Gasteiger partial charge in [-0.1, -0.05) is 23.2 Å². The summed E-state index contributed by atoms with van der Waals surface area (Å²) in [5.74, 6) is -0.823. The van der Waals surface area contributed by atoms with Crippen LogP contribution in [0.5, 0.6) is 0 Å². The number of pyridine rings is 1. The first-order valence-corrected chi connectivity index (χ1v) is 7.06. The zero-order valence-electron chi connectivity index (χ0n) is 11.5. The number of hydrogen-bond acceptors (Lipinski definition) is 5. The van der Waals surface area contributed by atoms with Gasteiger partial charge in [0.25, 0.3) is 0 Å². The third-order valence-electron chi connectivity index (χ3n) is 2.60. The highest BCUT2D eigenvalue weighted by Crippen LogP contribution is 2.25. The summed E-state index contributed by atoms with van der Waals surface area (Å²) in [4.78, 5) is 15.7. The molecule has 2 N–H and O–H groups in total. The van der Waals surface area contributed by atoms with Crippen molar-refractivity contribution in [2.45, 2.75) is 6.92 Å². The maximum Gasteiger partial charge on any atom is 0.339 e. The van der Waals surface area contributed by atoms with Gasteiger partial charge in [0.15, 0.2) is 0 Å². The molecule has 0 unspecified atom stereocenters. The van der Waals surface area contributed by atoms with E-state index in [0.717, 1.165) is 6.07 Å². The molecule has 0 bridgehead atoms. The van der Waals surface area contributed by atoms with E-state index in [0.29, 0.717) is 10.8 Å². The highest BCUT2D eigenvalue weighted by molar-refractivity contribution is 6.33.